The average molecular weight is 179 g/mol. The molecule has 0 saturated heterocycles. The van der Waals surface area contributed by atoms with Gasteiger partial charge in [0.05, 0.1) is 17.5 Å². The van der Waals surface area contributed by atoms with E-state index in [9.17, 15) is 0 Å². The van der Waals surface area contributed by atoms with Crippen molar-refractivity contribution in [2.24, 2.45) is 0 Å². The van der Waals surface area contributed by atoms with Gasteiger partial charge in [-0.25, -0.2) is 0 Å². The fourth-order valence-electron chi connectivity index (χ4n) is 1.17. The lowest BCUT2D eigenvalue weighted by atomic mass is 10.2. The maximum absolute atomic E-state index is 5.12. The predicted octanol–water partition coefficient (Wildman–Crippen LogP) is 2.61. The fourth-order valence-corrected chi connectivity index (χ4v) is 1.93. The van der Waals surface area contributed by atoms with Crippen molar-refractivity contribution < 1.29 is 4.74 Å². The van der Waals surface area contributed by atoms with Crippen molar-refractivity contribution in [3.63, 3.8) is 0 Å². The zero-order valence-electron chi connectivity index (χ0n) is 7.00. The lowest BCUT2D eigenvalue weighted by molar-refractivity contribution is 0.415. The van der Waals surface area contributed by atoms with Gasteiger partial charge in [0.15, 0.2) is 0 Å². The maximum Gasteiger partial charge on any atom is 0.119 e. The Balaban J connectivity index is 2.71. The van der Waals surface area contributed by atoms with Gasteiger partial charge in [-0.3, -0.25) is 0 Å². The van der Waals surface area contributed by atoms with E-state index in [-0.39, 0.29) is 0 Å². The second-order valence-electron chi connectivity index (χ2n) is 2.63. The second-order valence-corrected chi connectivity index (χ2v) is 3.44. The number of hydrogen-bond acceptors (Lipinski definition) is 3. The van der Waals surface area contributed by atoms with Crippen molar-refractivity contribution >= 4 is 21.6 Å². The molecule has 1 heterocycles. The summed E-state index contributed by atoms with van der Waals surface area (Å²) in [6.07, 6.45) is 0. The zero-order valence-corrected chi connectivity index (χ0v) is 7.81. The summed E-state index contributed by atoms with van der Waals surface area (Å²) >= 11 is 1.53. The summed E-state index contributed by atoms with van der Waals surface area (Å²) < 4.78 is 10.6. The van der Waals surface area contributed by atoms with Crippen molar-refractivity contribution in [1.82, 2.24) is 4.37 Å². The Bertz CT molecular complexity index is 408. The van der Waals surface area contributed by atoms with Crippen LogP contribution in [0.3, 0.4) is 0 Å². The largest absolute Gasteiger partial charge is 0.497 e. The minimum Gasteiger partial charge on any atom is -0.497 e. The van der Waals surface area contributed by atoms with Gasteiger partial charge in [-0.15, -0.1) is 0 Å². The topological polar surface area (TPSA) is 22.1 Å². The van der Waals surface area contributed by atoms with E-state index in [0.29, 0.717) is 0 Å². The molecule has 0 radical (unpaired) electrons. The molecule has 0 spiro atoms. The zero-order chi connectivity index (χ0) is 8.55. The number of aromatic nitrogens is 1. The van der Waals surface area contributed by atoms with Crippen LogP contribution in [0, 0.1) is 6.92 Å². The van der Waals surface area contributed by atoms with Crippen LogP contribution < -0.4 is 4.74 Å². The van der Waals surface area contributed by atoms with E-state index in [1.54, 1.807) is 7.11 Å². The first-order valence-electron chi connectivity index (χ1n) is 3.71. The summed E-state index contributed by atoms with van der Waals surface area (Å²) in [5, 5.41) is 1.19. The van der Waals surface area contributed by atoms with Gasteiger partial charge in [0.2, 0.25) is 0 Å². The van der Waals surface area contributed by atoms with Crippen molar-refractivity contribution in [2.75, 3.05) is 7.11 Å². The van der Waals surface area contributed by atoms with Crippen LogP contribution in [0.1, 0.15) is 5.69 Å². The third-order valence-electron chi connectivity index (χ3n) is 1.86. The fraction of sp³-hybridized carbons (Fsp3) is 0.222. The first kappa shape index (κ1) is 7.55. The third-order valence-corrected chi connectivity index (χ3v) is 2.78. The molecule has 0 atom stereocenters. The number of methoxy groups -OCH3 is 1. The molecule has 0 aliphatic rings. The summed E-state index contributed by atoms with van der Waals surface area (Å²) in [5.74, 6) is 0.894. The van der Waals surface area contributed by atoms with Crippen LogP contribution in [0.25, 0.3) is 10.1 Å². The van der Waals surface area contributed by atoms with E-state index < -0.39 is 0 Å². The smallest absolute Gasteiger partial charge is 0.119 e. The van der Waals surface area contributed by atoms with E-state index >= 15 is 0 Å². The monoisotopic (exact) mass is 179 g/mol. The molecule has 3 heteroatoms. The molecular formula is C9H9NOS. The lowest BCUT2D eigenvalue weighted by Gasteiger charge is -1.97. The molecule has 0 bridgehead atoms. The highest BCUT2D eigenvalue weighted by molar-refractivity contribution is 7.13. The third kappa shape index (κ3) is 1.06. The Morgan fingerprint density at radius 1 is 1.42 bits per heavy atom. The molecule has 1 aromatic heterocycles. The number of benzene rings is 1. The number of ether oxygens (including phenoxy) is 1. The molecule has 0 amide bonds. The van der Waals surface area contributed by atoms with Gasteiger partial charge in [0.25, 0.3) is 0 Å². The second kappa shape index (κ2) is 2.75. The van der Waals surface area contributed by atoms with Gasteiger partial charge in [-0.1, -0.05) is 0 Å². The first-order chi connectivity index (χ1) is 5.81. The summed E-state index contributed by atoms with van der Waals surface area (Å²) in [7, 11) is 1.68. The van der Waals surface area contributed by atoms with Crippen molar-refractivity contribution in [3.05, 3.63) is 23.9 Å². The Morgan fingerprint density at radius 3 is 3.00 bits per heavy atom. The molecule has 0 N–H and O–H groups in total. The number of nitrogens with zero attached hydrogens (tertiary/aromatic N) is 1. The van der Waals surface area contributed by atoms with E-state index in [4.69, 9.17) is 4.74 Å². The molecule has 0 unspecified atom stereocenters. The maximum atomic E-state index is 5.12. The van der Waals surface area contributed by atoms with Gasteiger partial charge < -0.3 is 4.74 Å². The molecule has 2 nitrogen and oxygen atoms in total. The Morgan fingerprint density at radius 2 is 2.25 bits per heavy atom. The Labute approximate surface area is 75.0 Å². The molecule has 2 aromatic rings. The van der Waals surface area contributed by atoms with E-state index in [0.717, 1.165) is 11.4 Å². The molecule has 0 saturated carbocycles. The highest BCUT2D eigenvalue weighted by atomic mass is 32.1. The summed E-state index contributed by atoms with van der Waals surface area (Å²) in [4.78, 5) is 0. The highest BCUT2D eigenvalue weighted by Gasteiger charge is 2.01. The van der Waals surface area contributed by atoms with Crippen LogP contribution in [0.5, 0.6) is 5.75 Å². The van der Waals surface area contributed by atoms with Crippen molar-refractivity contribution in [1.29, 1.82) is 0 Å². The number of rotatable bonds is 1. The van der Waals surface area contributed by atoms with Crippen LogP contribution in [-0.4, -0.2) is 11.5 Å². The molecule has 0 fully saturated rings. The molecule has 12 heavy (non-hydrogen) atoms. The first-order valence-corrected chi connectivity index (χ1v) is 4.48. The average Bonchev–Trinajstić information content (AvgIpc) is 2.47. The minimum atomic E-state index is 0.894. The standard InChI is InChI=1S/C9H9NOS/c1-6-8-5-7(11-2)3-4-9(8)12-10-6/h3-5H,1-2H3. The van der Waals surface area contributed by atoms with E-state index in [1.807, 2.05) is 25.1 Å². The highest BCUT2D eigenvalue weighted by Crippen LogP contribution is 2.26. The van der Waals surface area contributed by atoms with Crippen LogP contribution in [0.2, 0.25) is 0 Å². The molecule has 62 valence electrons. The Kier molecular flexibility index (Phi) is 1.73. The summed E-state index contributed by atoms with van der Waals surface area (Å²) in [6, 6.07) is 6.02. The van der Waals surface area contributed by atoms with Gasteiger partial charge >= 0.3 is 0 Å². The van der Waals surface area contributed by atoms with Gasteiger partial charge in [0, 0.05) is 5.39 Å². The van der Waals surface area contributed by atoms with E-state index in [2.05, 4.69) is 4.37 Å². The number of fused-ring (bicyclic) bond motifs is 1. The molecule has 1 aromatic carbocycles. The molecule has 0 aliphatic carbocycles. The Hall–Kier alpha value is -1.09. The quantitative estimate of drug-likeness (QED) is 0.671. The summed E-state index contributed by atoms with van der Waals surface area (Å²) in [5.41, 5.74) is 1.08. The van der Waals surface area contributed by atoms with E-state index in [1.165, 1.54) is 21.6 Å². The van der Waals surface area contributed by atoms with Crippen LogP contribution >= 0.6 is 11.5 Å². The van der Waals surface area contributed by atoms with Crippen LogP contribution in [0.4, 0.5) is 0 Å². The molecule has 0 aliphatic heterocycles. The SMILES string of the molecule is COc1ccc2snc(C)c2c1. The van der Waals surface area contributed by atoms with Crippen molar-refractivity contribution in [3.8, 4) is 5.75 Å². The normalized spacial score (nSPS) is 10.5. The number of hydrogen-bond donors (Lipinski definition) is 0. The van der Waals surface area contributed by atoms with Gasteiger partial charge in [-0.2, -0.15) is 4.37 Å². The molecule has 2 rings (SSSR count). The number of aryl methyl sites for hydroxylation is 1. The van der Waals surface area contributed by atoms with Gasteiger partial charge in [-0.05, 0) is 36.7 Å². The lowest BCUT2D eigenvalue weighted by Crippen LogP contribution is -1.80. The van der Waals surface area contributed by atoms with Crippen molar-refractivity contribution in [2.45, 2.75) is 6.92 Å². The van der Waals surface area contributed by atoms with Gasteiger partial charge in [0.1, 0.15) is 5.75 Å². The summed E-state index contributed by atoms with van der Waals surface area (Å²) in [6.45, 7) is 2.01. The molecular weight excluding hydrogens is 170 g/mol. The van der Waals surface area contributed by atoms with Crippen LogP contribution in [0.15, 0.2) is 18.2 Å². The van der Waals surface area contributed by atoms with Crippen LogP contribution in [-0.2, 0) is 0 Å². The minimum absolute atomic E-state index is 0.894. The predicted molar refractivity (Wildman–Crippen MR) is 50.9 cm³/mol.